The van der Waals surface area contributed by atoms with Gasteiger partial charge in [0, 0.05) is 37.4 Å². The molecule has 2 saturated heterocycles. The molecule has 1 aromatic rings. The summed E-state index contributed by atoms with van der Waals surface area (Å²) in [5.74, 6) is -0.132. The molecule has 0 radical (unpaired) electrons. The molecule has 3 rings (SSSR count). The fraction of sp³-hybridized carbons (Fsp3) is 0.500. The monoisotopic (exact) mass is 319 g/mol. The zero-order valence-electron chi connectivity index (χ0n) is 13.0. The number of hydrogen-bond acceptors (Lipinski definition) is 5. The van der Waals surface area contributed by atoms with Gasteiger partial charge in [-0.2, -0.15) is 0 Å². The lowest BCUT2D eigenvalue weighted by Crippen LogP contribution is -2.41. The molecule has 1 aromatic carbocycles. The summed E-state index contributed by atoms with van der Waals surface area (Å²) < 4.78 is 10.2. The van der Waals surface area contributed by atoms with E-state index in [1.807, 2.05) is 0 Å². The van der Waals surface area contributed by atoms with Gasteiger partial charge in [0.15, 0.2) is 0 Å². The van der Waals surface area contributed by atoms with Crippen LogP contribution in [0.4, 0.5) is 10.5 Å². The van der Waals surface area contributed by atoms with Gasteiger partial charge in [0.25, 0.3) is 5.91 Å². The average molecular weight is 319 g/mol. The van der Waals surface area contributed by atoms with Crippen LogP contribution in [0.5, 0.6) is 0 Å². The van der Waals surface area contributed by atoms with Crippen LogP contribution >= 0.6 is 0 Å². The van der Waals surface area contributed by atoms with Crippen LogP contribution in [0.1, 0.15) is 10.4 Å². The molecule has 7 nitrogen and oxygen atoms in total. The SMILES string of the molecule is O=C(NCCN1CCOCC1)c1cccc(N2CCOC2=O)c1. The van der Waals surface area contributed by atoms with Crippen molar-refractivity contribution in [3.05, 3.63) is 29.8 Å². The lowest BCUT2D eigenvalue weighted by molar-refractivity contribution is 0.0383. The molecule has 23 heavy (non-hydrogen) atoms. The highest BCUT2D eigenvalue weighted by Gasteiger charge is 2.24. The minimum Gasteiger partial charge on any atom is -0.447 e. The topological polar surface area (TPSA) is 71.1 Å². The number of rotatable bonds is 5. The second-order valence-corrected chi connectivity index (χ2v) is 5.53. The molecule has 1 N–H and O–H groups in total. The molecule has 0 bridgehead atoms. The quantitative estimate of drug-likeness (QED) is 0.865. The molecule has 2 aliphatic heterocycles. The minimum absolute atomic E-state index is 0.132. The standard InChI is InChI=1S/C16H21N3O4/c20-15(17-4-5-18-6-9-22-10-7-18)13-2-1-3-14(12-13)19-8-11-23-16(19)21/h1-3,12H,4-11H2,(H,17,20). The van der Waals surface area contributed by atoms with Gasteiger partial charge in [-0.15, -0.1) is 0 Å². The van der Waals surface area contributed by atoms with Gasteiger partial charge in [-0.25, -0.2) is 4.79 Å². The third-order valence-corrected chi connectivity index (χ3v) is 4.00. The van der Waals surface area contributed by atoms with Gasteiger partial charge >= 0.3 is 6.09 Å². The van der Waals surface area contributed by atoms with E-state index in [9.17, 15) is 9.59 Å². The smallest absolute Gasteiger partial charge is 0.414 e. The molecule has 2 fully saturated rings. The van der Waals surface area contributed by atoms with Gasteiger partial charge in [0.05, 0.1) is 19.8 Å². The average Bonchev–Trinajstić information content (AvgIpc) is 3.02. The van der Waals surface area contributed by atoms with E-state index in [1.165, 1.54) is 4.90 Å². The van der Waals surface area contributed by atoms with Crippen LogP contribution in [0, 0.1) is 0 Å². The molecule has 124 valence electrons. The Kier molecular flexibility index (Phi) is 5.09. The van der Waals surface area contributed by atoms with Crippen molar-refractivity contribution in [1.82, 2.24) is 10.2 Å². The third-order valence-electron chi connectivity index (χ3n) is 4.00. The van der Waals surface area contributed by atoms with E-state index in [2.05, 4.69) is 10.2 Å². The van der Waals surface area contributed by atoms with Gasteiger partial charge in [-0.05, 0) is 18.2 Å². The van der Waals surface area contributed by atoms with Gasteiger partial charge in [-0.1, -0.05) is 6.07 Å². The Morgan fingerprint density at radius 3 is 2.74 bits per heavy atom. The van der Waals surface area contributed by atoms with Crippen molar-refractivity contribution in [2.75, 3.05) is 57.4 Å². The summed E-state index contributed by atoms with van der Waals surface area (Å²) in [6.45, 7) is 5.62. The summed E-state index contributed by atoms with van der Waals surface area (Å²) in [7, 11) is 0. The van der Waals surface area contributed by atoms with Crippen LogP contribution in [0.25, 0.3) is 0 Å². The van der Waals surface area contributed by atoms with Crippen LogP contribution in [0.15, 0.2) is 24.3 Å². The van der Waals surface area contributed by atoms with Crippen molar-refractivity contribution >= 4 is 17.7 Å². The van der Waals surface area contributed by atoms with E-state index < -0.39 is 0 Å². The van der Waals surface area contributed by atoms with Crippen molar-refractivity contribution in [3.8, 4) is 0 Å². The Balaban J connectivity index is 1.53. The van der Waals surface area contributed by atoms with E-state index in [1.54, 1.807) is 24.3 Å². The highest BCUT2D eigenvalue weighted by atomic mass is 16.6. The largest absolute Gasteiger partial charge is 0.447 e. The Morgan fingerprint density at radius 2 is 2.00 bits per heavy atom. The molecule has 0 saturated carbocycles. The summed E-state index contributed by atoms with van der Waals surface area (Å²) in [6, 6.07) is 7.04. The predicted octanol–water partition coefficient (Wildman–Crippen LogP) is 0.705. The summed E-state index contributed by atoms with van der Waals surface area (Å²) in [6.07, 6.45) is -0.366. The highest BCUT2D eigenvalue weighted by molar-refractivity contribution is 5.97. The Hall–Kier alpha value is -2.12. The first-order chi connectivity index (χ1) is 11.2. The summed E-state index contributed by atoms with van der Waals surface area (Å²) >= 11 is 0. The number of hydrogen-bond donors (Lipinski definition) is 1. The third kappa shape index (κ3) is 4.00. The summed E-state index contributed by atoms with van der Waals surface area (Å²) in [5, 5.41) is 2.92. The fourth-order valence-electron chi connectivity index (χ4n) is 2.70. The minimum atomic E-state index is -0.366. The van der Waals surface area contributed by atoms with Crippen LogP contribution < -0.4 is 10.2 Å². The van der Waals surface area contributed by atoms with Gasteiger partial charge in [0.1, 0.15) is 6.61 Å². The maximum absolute atomic E-state index is 12.2. The van der Waals surface area contributed by atoms with Gasteiger partial charge in [-0.3, -0.25) is 14.6 Å². The molecule has 0 unspecified atom stereocenters. The van der Waals surface area contributed by atoms with Crippen molar-refractivity contribution < 1.29 is 19.1 Å². The maximum atomic E-state index is 12.2. The number of amides is 2. The second-order valence-electron chi connectivity index (χ2n) is 5.53. The number of nitrogens with one attached hydrogen (secondary N) is 1. The number of carbonyl (C=O) groups is 2. The van der Waals surface area contributed by atoms with Crippen LogP contribution in [-0.2, 0) is 9.47 Å². The van der Waals surface area contributed by atoms with Crippen LogP contribution in [-0.4, -0.2) is 69.4 Å². The summed E-state index contributed by atoms with van der Waals surface area (Å²) in [4.78, 5) is 27.6. The number of cyclic esters (lactones) is 1. The molecule has 2 amide bonds. The Bertz CT molecular complexity index is 572. The van der Waals surface area contributed by atoms with E-state index in [0.717, 1.165) is 32.8 Å². The maximum Gasteiger partial charge on any atom is 0.414 e. The van der Waals surface area contributed by atoms with E-state index in [4.69, 9.17) is 9.47 Å². The highest BCUT2D eigenvalue weighted by Crippen LogP contribution is 2.19. The van der Waals surface area contributed by atoms with Crippen molar-refractivity contribution in [3.63, 3.8) is 0 Å². The predicted molar refractivity (Wildman–Crippen MR) is 84.7 cm³/mol. The first-order valence-electron chi connectivity index (χ1n) is 7.87. The molecule has 2 aliphatic rings. The number of benzene rings is 1. The molecule has 2 heterocycles. The molecule has 0 atom stereocenters. The number of ether oxygens (including phenoxy) is 2. The molecule has 0 aliphatic carbocycles. The van der Waals surface area contributed by atoms with Crippen molar-refractivity contribution in [2.24, 2.45) is 0 Å². The molecular formula is C16H21N3O4. The molecule has 0 aromatic heterocycles. The summed E-state index contributed by atoms with van der Waals surface area (Å²) in [5.41, 5.74) is 1.23. The molecule has 7 heteroatoms. The van der Waals surface area contributed by atoms with E-state index >= 15 is 0 Å². The van der Waals surface area contributed by atoms with Gasteiger partial charge in [0.2, 0.25) is 0 Å². The number of morpholine rings is 1. The van der Waals surface area contributed by atoms with E-state index in [0.29, 0.717) is 30.9 Å². The lowest BCUT2D eigenvalue weighted by Gasteiger charge is -2.26. The van der Waals surface area contributed by atoms with Crippen LogP contribution in [0.3, 0.4) is 0 Å². The number of carbonyl (C=O) groups excluding carboxylic acids is 2. The second kappa shape index (κ2) is 7.43. The molecular weight excluding hydrogens is 298 g/mol. The number of anilines is 1. The van der Waals surface area contributed by atoms with Gasteiger partial charge < -0.3 is 14.8 Å². The zero-order chi connectivity index (χ0) is 16.1. The number of nitrogens with zero attached hydrogens (tertiary/aromatic N) is 2. The first kappa shape index (κ1) is 15.8. The fourth-order valence-corrected chi connectivity index (χ4v) is 2.70. The van der Waals surface area contributed by atoms with Crippen molar-refractivity contribution in [1.29, 1.82) is 0 Å². The van der Waals surface area contributed by atoms with E-state index in [-0.39, 0.29) is 12.0 Å². The molecule has 0 spiro atoms. The zero-order valence-corrected chi connectivity index (χ0v) is 13.0. The first-order valence-corrected chi connectivity index (χ1v) is 7.87. The van der Waals surface area contributed by atoms with Crippen molar-refractivity contribution in [2.45, 2.75) is 0 Å². The Labute approximate surface area is 135 Å². The normalized spacial score (nSPS) is 18.8. The van der Waals surface area contributed by atoms with Crippen LogP contribution in [0.2, 0.25) is 0 Å². The lowest BCUT2D eigenvalue weighted by atomic mass is 10.1. The Morgan fingerprint density at radius 1 is 1.17 bits per heavy atom.